The van der Waals surface area contributed by atoms with E-state index in [-0.39, 0.29) is 23.9 Å². The van der Waals surface area contributed by atoms with Gasteiger partial charge in [-0.2, -0.15) is 8.70 Å². The molecule has 2 aromatic rings. The number of aryl methyl sites for hydroxylation is 1. The second-order valence-corrected chi connectivity index (χ2v) is 9.20. The number of sulfonamides is 1. The number of nitro groups is 1. The average Bonchev–Trinajstić information content (AvgIpc) is 2.66. The summed E-state index contributed by atoms with van der Waals surface area (Å²) < 4.78 is 41.0. The van der Waals surface area contributed by atoms with Crippen LogP contribution in [-0.4, -0.2) is 41.9 Å². The summed E-state index contributed by atoms with van der Waals surface area (Å²) in [4.78, 5) is 9.48. The van der Waals surface area contributed by atoms with E-state index in [9.17, 15) is 28.0 Å². The predicted molar refractivity (Wildman–Crippen MR) is 107 cm³/mol. The van der Waals surface area contributed by atoms with Gasteiger partial charge in [0.2, 0.25) is 15.8 Å². The minimum atomic E-state index is -4.13. The Morgan fingerprint density at radius 3 is 2.34 bits per heavy atom. The number of benzene rings is 2. The van der Waals surface area contributed by atoms with E-state index in [1.54, 1.807) is 0 Å². The first-order chi connectivity index (χ1) is 13.6. The molecule has 1 atom stereocenters. The Hall–Kier alpha value is -2.36. The van der Waals surface area contributed by atoms with Gasteiger partial charge in [-0.3, -0.25) is 10.1 Å². The molecule has 0 aliphatic heterocycles. The van der Waals surface area contributed by atoms with Crippen molar-refractivity contribution in [2.45, 2.75) is 37.7 Å². The van der Waals surface area contributed by atoms with E-state index < -0.39 is 32.6 Å². The fourth-order valence-corrected chi connectivity index (χ4v) is 4.58. The Labute approximate surface area is 170 Å². The normalized spacial score (nSPS) is 13.0. The van der Waals surface area contributed by atoms with Crippen LogP contribution >= 0.6 is 0 Å². The van der Waals surface area contributed by atoms with Crippen LogP contribution in [0.2, 0.25) is 0 Å². The molecular formula is C20H25FN2O5S. The smallest absolute Gasteiger partial charge is 0.304 e. The van der Waals surface area contributed by atoms with Gasteiger partial charge in [0, 0.05) is 25.2 Å². The number of halogens is 1. The highest BCUT2D eigenvalue weighted by atomic mass is 32.2. The van der Waals surface area contributed by atoms with E-state index in [1.165, 1.54) is 0 Å². The molecule has 158 valence electrons. The molecule has 0 aliphatic carbocycles. The fraction of sp³-hybridized carbons (Fsp3) is 0.400. The van der Waals surface area contributed by atoms with Crippen molar-refractivity contribution in [1.29, 1.82) is 0 Å². The standard InChI is InChI=1S/C20H25FN2O5S/c1-15(2)13-22(14-17(24)9-8-16-6-4-3-5-7-16)29(27,28)18-10-11-20(23(25)26)19(21)12-18/h3-7,10-12,15,17,24H,8-9,13-14H2,1-2H3. The van der Waals surface area contributed by atoms with E-state index in [1.807, 2.05) is 44.2 Å². The molecule has 0 radical (unpaired) electrons. The minimum Gasteiger partial charge on any atom is -0.392 e. The Morgan fingerprint density at radius 1 is 1.14 bits per heavy atom. The number of rotatable bonds is 10. The molecule has 0 bridgehead atoms. The summed E-state index contributed by atoms with van der Waals surface area (Å²) in [6.07, 6.45) is 0.0403. The molecule has 1 unspecified atom stereocenters. The summed E-state index contributed by atoms with van der Waals surface area (Å²) in [6.45, 7) is 3.64. The molecule has 0 heterocycles. The molecule has 0 fully saturated rings. The summed E-state index contributed by atoms with van der Waals surface area (Å²) in [5, 5.41) is 21.2. The first kappa shape index (κ1) is 22.9. The SMILES string of the molecule is CC(C)CN(CC(O)CCc1ccccc1)S(=O)(=O)c1ccc([N+](=O)[O-])c(F)c1. The van der Waals surface area contributed by atoms with Crippen LogP contribution in [0, 0.1) is 21.8 Å². The van der Waals surface area contributed by atoms with E-state index in [0.29, 0.717) is 18.9 Å². The third-order valence-corrected chi connectivity index (χ3v) is 6.17. The van der Waals surface area contributed by atoms with Crippen LogP contribution in [0.3, 0.4) is 0 Å². The summed E-state index contributed by atoms with van der Waals surface area (Å²) in [5.74, 6) is -1.25. The maximum absolute atomic E-state index is 14.0. The molecular weight excluding hydrogens is 399 g/mol. The van der Waals surface area contributed by atoms with Gasteiger partial charge in [0.1, 0.15) is 0 Å². The zero-order chi connectivity index (χ0) is 21.6. The molecule has 0 saturated heterocycles. The number of nitrogens with zero attached hydrogens (tertiary/aromatic N) is 2. The van der Waals surface area contributed by atoms with Gasteiger partial charge in [-0.05, 0) is 30.4 Å². The first-order valence-electron chi connectivity index (χ1n) is 9.27. The van der Waals surface area contributed by atoms with Gasteiger partial charge < -0.3 is 5.11 Å². The number of nitro benzene ring substituents is 1. The van der Waals surface area contributed by atoms with Gasteiger partial charge in [-0.15, -0.1) is 0 Å². The van der Waals surface area contributed by atoms with Crippen LogP contribution < -0.4 is 0 Å². The average molecular weight is 424 g/mol. The monoisotopic (exact) mass is 424 g/mol. The molecule has 9 heteroatoms. The van der Waals surface area contributed by atoms with E-state index in [2.05, 4.69) is 0 Å². The van der Waals surface area contributed by atoms with Crippen molar-refractivity contribution < 1.29 is 22.8 Å². The molecule has 2 aromatic carbocycles. The lowest BCUT2D eigenvalue weighted by Gasteiger charge is -2.26. The van der Waals surface area contributed by atoms with Crippen LogP contribution in [0.25, 0.3) is 0 Å². The molecule has 0 spiro atoms. The second kappa shape index (κ2) is 9.91. The Morgan fingerprint density at radius 2 is 1.79 bits per heavy atom. The van der Waals surface area contributed by atoms with Gasteiger partial charge in [-0.25, -0.2) is 8.42 Å². The fourth-order valence-electron chi connectivity index (χ4n) is 2.93. The summed E-state index contributed by atoms with van der Waals surface area (Å²) >= 11 is 0. The van der Waals surface area contributed by atoms with E-state index in [0.717, 1.165) is 22.0 Å². The van der Waals surface area contributed by atoms with Crippen molar-refractivity contribution in [3.8, 4) is 0 Å². The third-order valence-electron chi connectivity index (χ3n) is 4.35. The lowest BCUT2D eigenvalue weighted by molar-refractivity contribution is -0.387. The summed E-state index contributed by atoms with van der Waals surface area (Å²) in [5.41, 5.74) is 0.240. The predicted octanol–water partition coefficient (Wildman–Crippen LogP) is 3.37. The van der Waals surface area contributed by atoms with Gasteiger partial charge in [0.05, 0.1) is 15.9 Å². The first-order valence-corrected chi connectivity index (χ1v) is 10.7. The molecule has 0 aromatic heterocycles. The maximum atomic E-state index is 14.0. The lowest BCUT2D eigenvalue weighted by atomic mass is 10.1. The van der Waals surface area contributed by atoms with Gasteiger partial charge >= 0.3 is 5.69 Å². The number of aliphatic hydroxyl groups is 1. The minimum absolute atomic E-state index is 0.0333. The van der Waals surface area contributed by atoms with Crippen molar-refractivity contribution >= 4 is 15.7 Å². The zero-order valence-electron chi connectivity index (χ0n) is 16.4. The van der Waals surface area contributed by atoms with Gasteiger partial charge in [-0.1, -0.05) is 44.2 Å². The Kier molecular flexibility index (Phi) is 7.83. The van der Waals surface area contributed by atoms with E-state index >= 15 is 0 Å². The van der Waals surface area contributed by atoms with Crippen molar-refractivity contribution in [1.82, 2.24) is 4.31 Å². The molecule has 1 N–H and O–H groups in total. The van der Waals surface area contributed by atoms with Gasteiger partial charge in [0.25, 0.3) is 0 Å². The Bertz CT molecular complexity index is 935. The summed E-state index contributed by atoms with van der Waals surface area (Å²) in [7, 11) is -4.13. The lowest BCUT2D eigenvalue weighted by Crippen LogP contribution is -2.40. The molecule has 0 aliphatic rings. The van der Waals surface area contributed by atoms with Crippen LogP contribution in [0.5, 0.6) is 0 Å². The summed E-state index contributed by atoms with van der Waals surface area (Å²) in [6, 6.07) is 12.0. The number of hydrogen-bond acceptors (Lipinski definition) is 5. The quantitative estimate of drug-likeness (QED) is 0.465. The number of aliphatic hydroxyl groups excluding tert-OH is 1. The Balaban J connectivity index is 2.19. The second-order valence-electron chi connectivity index (χ2n) is 7.26. The van der Waals surface area contributed by atoms with Crippen molar-refractivity contribution in [3.05, 3.63) is 70.0 Å². The third kappa shape index (κ3) is 6.31. The molecule has 0 saturated carbocycles. The number of hydrogen-bond donors (Lipinski definition) is 1. The van der Waals surface area contributed by atoms with Crippen LogP contribution in [-0.2, 0) is 16.4 Å². The van der Waals surface area contributed by atoms with Crippen molar-refractivity contribution in [3.63, 3.8) is 0 Å². The highest BCUT2D eigenvalue weighted by Crippen LogP contribution is 2.24. The van der Waals surface area contributed by atoms with Crippen molar-refractivity contribution in [2.24, 2.45) is 5.92 Å². The van der Waals surface area contributed by atoms with Crippen LogP contribution in [0.1, 0.15) is 25.8 Å². The van der Waals surface area contributed by atoms with Gasteiger partial charge in [0.15, 0.2) is 0 Å². The van der Waals surface area contributed by atoms with E-state index in [4.69, 9.17) is 0 Å². The van der Waals surface area contributed by atoms with Crippen LogP contribution in [0.15, 0.2) is 53.4 Å². The zero-order valence-corrected chi connectivity index (χ0v) is 17.2. The molecule has 29 heavy (non-hydrogen) atoms. The molecule has 2 rings (SSSR count). The largest absolute Gasteiger partial charge is 0.392 e. The molecule has 7 nitrogen and oxygen atoms in total. The highest BCUT2D eigenvalue weighted by molar-refractivity contribution is 7.89. The topological polar surface area (TPSA) is 101 Å². The maximum Gasteiger partial charge on any atom is 0.304 e. The van der Waals surface area contributed by atoms with Crippen molar-refractivity contribution in [2.75, 3.05) is 13.1 Å². The molecule has 0 amide bonds. The highest BCUT2D eigenvalue weighted by Gasteiger charge is 2.29. The van der Waals surface area contributed by atoms with Crippen LogP contribution in [0.4, 0.5) is 10.1 Å².